The van der Waals surface area contributed by atoms with Crippen LogP contribution in [0.5, 0.6) is 0 Å². The van der Waals surface area contributed by atoms with Crippen LogP contribution >= 0.6 is 23.4 Å². The van der Waals surface area contributed by atoms with Gasteiger partial charge in [0.1, 0.15) is 0 Å². The minimum atomic E-state index is 0.732. The van der Waals surface area contributed by atoms with Crippen molar-refractivity contribution in [3.63, 3.8) is 0 Å². The lowest BCUT2D eigenvalue weighted by Gasteiger charge is -2.07. The molecule has 0 amide bonds. The Morgan fingerprint density at radius 1 is 0.935 bits per heavy atom. The zero-order valence-corrected chi connectivity index (χ0v) is 19.0. The van der Waals surface area contributed by atoms with E-state index >= 15 is 0 Å². The van der Waals surface area contributed by atoms with E-state index in [0.29, 0.717) is 0 Å². The number of aromatic nitrogens is 3. The molecule has 3 aromatic carbocycles. The highest BCUT2D eigenvalue weighted by molar-refractivity contribution is 7.99. The van der Waals surface area contributed by atoms with Crippen molar-refractivity contribution in [2.45, 2.75) is 30.2 Å². The lowest BCUT2D eigenvalue weighted by molar-refractivity contribution is 0.686. The number of hydrogen-bond acceptors (Lipinski definition) is 2. The summed E-state index contributed by atoms with van der Waals surface area (Å²) in [5.41, 5.74) is 5.81. The van der Waals surface area contributed by atoms with E-state index < -0.39 is 0 Å². The van der Waals surface area contributed by atoms with Crippen molar-refractivity contribution in [3.05, 3.63) is 107 Å². The molecule has 154 valence electrons. The molecule has 0 atom stereocenters. The minimum Gasteiger partial charge on any atom is -0.310 e. The van der Waals surface area contributed by atoms with Crippen molar-refractivity contribution in [3.8, 4) is 5.69 Å². The fraction of sp³-hybridized carbons (Fsp3) is 0.115. The third-order valence-electron chi connectivity index (χ3n) is 5.38. The molecule has 3 nitrogen and oxygen atoms in total. The maximum absolute atomic E-state index is 6.39. The van der Waals surface area contributed by atoms with Crippen molar-refractivity contribution < 1.29 is 0 Å². The molecule has 5 heteroatoms. The summed E-state index contributed by atoms with van der Waals surface area (Å²) in [7, 11) is 0. The largest absolute Gasteiger partial charge is 0.310 e. The average molecular weight is 444 g/mol. The number of fused-ring (bicyclic) bond motifs is 1. The monoisotopic (exact) mass is 443 g/mol. The van der Waals surface area contributed by atoms with Gasteiger partial charge in [-0.15, -0.1) is 0 Å². The van der Waals surface area contributed by atoms with Crippen LogP contribution in [0.2, 0.25) is 5.02 Å². The molecule has 0 fully saturated rings. The van der Waals surface area contributed by atoms with Gasteiger partial charge in [0.15, 0.2) is 0 Å². The third-order valence-corrected chi connectivity index (χ3v) is 6.83. The Bertz CT molecular complexity index is 1370. The molecule has 0 aliphatic rings. The van der Waals surface area contributed by atoms with Crippen LogP contribution < -0.4 is 0 Å². The summed E-state index contributed by atoms with van der Waals surface area (Å²) in [5.74, 6) is 0. The summed E-state index contributed by atoms with van der Waals surface area (Å²) < 4.78 is 4.24. The second-order valence-corrected chi connectivity index (χ2v) is 9.23. The van der Waals surface area contributed by atoms with Gasteiger partial charge in [-0.2, -0.15) is 5.10 Å². The predicted molar refractivity (Wildman–Crippen MR) is 130 cm³/mol. The first kappa shape index (κ1) is 20.0. The first-order valence-corrected chi connectivity index (χ1v) is 11.4. The van der Waals surface area contributed by atoms with Crippen LogP contribution in [0.1, 0.15) is 16.8 Å². The molecule has 31 heavy (non-hydrogen) atoms. The fourth-order valence-electron chi connectivity index (χ4n) is 3.94. The first-order chi connectivity index (χ1) is 15.1. The molecular formula is C26H22ClN3S. The molecule has 2 aromatic heterocycles. The standard InChI is InChI=1S/C26H22ClN3S/c1-18-7-6-10-23(13-18)31-26-19(2)30(25-14-21(27)11-12-24(25)26)22-15-28-29(17-22)16-20-8-4-3-5-9-20/h3-15,17H,16H2,1-2H3. The number of hydrogen-bond donors (Lipinski definition) is 0. The van der Waals surface area contributed by atoms with Gasteiger partial charge in [-0.25, -0.2) is 0 Å². The maximum atomic E-state index is 6.39. The van der Waals surface area contributed by atoms with Gasteiger partial charge >= 0.3 is 0 Å². The van der Waals surface area contributed by atoms with Crippen molar-refractivity contribution in [2.75, 3.05) is 0 Å². The van der Waals surface area contributed by atoms with E-state index in [1.807, 2.05) is 29.1 Å². The molecule has 0 N–H and O–H groups in total. The van der Waals surface area contributed by atoms with Crippen molar-refractivity contribution in [2.24, 2.45) is 0 Å². The summed E-state index contributed by atoms with van der Waals surface area (Å²) >= 11 is 8.19. The minimum absolute atomic E-state index is 0.732. The van der Waals surface area contributed by atoms with Crippen LogP contribution in [-0.4, -0.2) is 14.3 Å². The van der Waals surface area contributed by atoms with Crippen LogP contribution in [0.15, 0.2) is 95.0 Å². The Morgan fingerprint density at radius 2 is 1.77 bits per heavy atom. The SMILES string of the molecule is Cc1cccc(Sc2c(C)n(-c3cnn(Cc4ccccc4)c3)c3cc(Cl)ccc23)c1. The zero-order chi connectivity index (χ0) is 21.4. The molecule has 0 bridgehead atoms. The van der Waals surface area contributed by atoms with E-state index in [1.54, 1.807) is 11.8 Å². The molecule has 2 heterocycles. The molecule has 0 radical (unpaired) electrons. The molecule has 0 unspecified atom stereocenters. The molecule has 5 aromatic rings. The lowest BCUT2D eigenvalue weighted by atomic mass is 10.2. The molecular weight excluding hydrogens is 422 g/mol. The fourth-order valence-corrected chi connectivity index (χ4v) is 5.26. The molecule has 0 aliphatic heterocycles. The Morgan fingerprint density at radius 3 is 2.58 bits per heavy atom. The quantitative estimate of drug-likeness (QED) is 0.284. The van der Waals surface area contributed by atoms with Gasteiger partial charge in [-0.3, -0.25) is 4.68 Å². The summed E-state index contributed by atoms with van der Waals surface area (Å²) in [6.07, 6.45) is 4.03. The van der Waals surface area contributed by atoms with E-state index in [1.165, 1.54) is 32.0 Å². The van der Waals surface area contributed by atoms with E-state index in [2.05, 4.69) is 84.3 Å². The van der Waals surface area contributed by atoms with Crippen molar-refractivity contribution in [1.29, 1.82) is 0 Å². The first-order valence-electron chi connectivity index (χ1n) is 10.2. The highest BCUT2D eigenvalue weighted by atomic mass is 35.5. The number of rotatable bonds is 5. The number of benzene rings is 3. The topological polar surface area (TPSA) is 22.8 Å². The summed E-state index contributed by atoms with van der Waals surface area (Å²) in [6.45, 7) is 5.03. The van der Waals surface area contributed by atoms with Crippen LogP contribution in [0.4, 0.5) is 0 Å². The Balaban J connectivity index is 1.59. The van der Waals surface area contributed by atoms with Crippen molar-refractivity contribution >= 4 is 34.3 Å². The van der Waals surface area contributed by atoms with Gasteiger partial charge in [-0.05, 0) is 43.7 Å². The van der Waals surface area contributed by atoms with Crippen LogP contribution in [0, 0.1) is 13.8 Å². The van der Waals surface area contributed by atoms with E-state index in [9.17, 15) is 0 Å². The molecule has 5 rings (SSSR count). The summed E-state index contributed by atoms with van der Waals surface area (Å²) in [4.78, 5) is 2.48. The Hall–Kier alpha value is -2.95. The van der Waals surface area contributed by atoms with Crippen LogP contribution in [-0.2, 0) is 6.54 Å². The molecule has 0 spiro atoms. The van der Waals surface area contributed by atoms with Crippen LogP contribution in [0.25, 0.3) is 16.6 Å². The predicted octanol–water partition coefficient (Wildman–Crippen LogP) is 7.30. The summed E-state index contributed by atoms with van der Waals surface area (Å²) in [6, 6.07) is 25.1. The highest BCUT2D eigenvalue weighted by Gasteiger charge is 2.18. The normalized spacial score (nSPS) is 11.3. The maximum Gasteiger partial charge on any atom is 0.0841 e. The number of nitrogens with zero attached hydrogens (tertiary/aromatic N) is 3. The van der Waals surface area contributed by atoms with E-state index in [-0.39, 0.29) is 0 Å². The van der Waals surface area contributed by atoms with Gasteiger partial charge in [-0.1, -0.05) is 77.5 Å². The van der Waals surface area contributed by atoms with E-state index in [4.69, 9.17) is 11.6 Å². The van der Waals surface area contributed by atoms with Crippen molar-refractivity contribution in [1.82, 2.24) is 14.3 Å². The van der Waals surface area contributed by atoms with Gasteiger partial charge in [0.05, 0.1) is 23.9 Å². The average Bonchev–Trinajstić information content (AvgIpc) is 3.31. The number of aryl methyl sites for hydroxylation is 1. The second kappa shape index (κ2) is 8.29. The van der Waals surface area contributed by atoms with Gasteiger partial charge < -0.3 is 4.57 Å². The molecule has 0 saturated heterocycles. The van der Waals surface area contributed by atoms with E-state index in [0.717, 1.165) is 22.8 Å². The Labute approximate surface area is 191 Å². The highest BCUT2D eigenvalue weighted by Crippen LogP contribution is 2.40. The Kier molecular flexibility index (Phi) is 5.34. The van der Waals surface area contributed by atoms with Gasteiger partial charge in [0, 0.05) is 32.1 Å². The molecule has 0 saturated carbocycles. The zero-order valence-electron chi connectivity index (χ0n) is 17.4. The van der Waals surface area contributed by atoms with Gasteiger partial charge in [0.2, 0.25) is 0 Å². The molecule has 0 aliphatic carbocycles. The smallest absolute Gasteiger partial charge is 0.0841 e. The lowest BCUT2D eigenvalue weighted by Crippen LogP contribution is -2.00. The van der Waals surface area contributed by atoms with Gasteiger partial charge in [0.25, 0.3) is 0 Å². The third kappa shape index (κ3) is 4.01. The number of halogens is 1. The van der Waals surface area contributed by atoms with Crippen LogP contribution in [0.3, 0.4) is 0 Å². The summed E-state index contributed by atoms with van der Waals surface area (Å²) in [5, 5.41) is 6.55. The second-order valence-electron chi connectivity index (χ2n) is 7.71.